The number of furan rings is 1. The Bertz CT molecular complexity index is 718. The molecule has 0 bridgehead atoms. The molecule has 0 spiro atoms. The number of rotatable bonds is 6. The van der Waals surface area contributed by atoms with Gasteiger partial charge in [0.05, 0.1) is 12.0 Å². The molecule has 0 aliphatic heterocycles. The zero-order valence-electron chi connectivity index (χ0n) is 12.0. The highest BCUT2D eigenvalue weighted by Crippen LogP contribution is 2.15. The summed E-state index contributed by atoms with van der Waals surface area (Å²) in [7, 11) is 0. The first kappa shape index (κ1) is 15.6. The van der Waals surface area contributed by atoms with Gasteiger partial charge in [-0.1, -0.05) is 0 Å². The second kappa shape index (κ2) is 6.75. The van der Waals surface area contributed by atoms with Gasteiger partial charge >= 0.3 is 5.97 Å². The van der Waals surface area contributed by atoms with E-state index >= 15 is 0 Å². The summed E-state index contributed by atoms with van der Waals surface area (Å²) in [4.78, 5) is 37.1. The first-order valence-corrected chi connectivity index (χ1v) is 6.77. The molecular weight excluding hydrogens is 288 g/mol. The molecule has 0 radical (unpaired) electrons. The summed E-state index contributed by atoms with van der Waals surface area (Å²) in [5.41, 5.74) is -0.0835. The van der Waals surface area contributed by atoms with E-state index in [1.165, 1.54) is 12.3 Å². The standard InChI is InChI=1S/C15H16N2O5/c1-9(4-7-13(18)19)16-14(20)10-5-6-11(17-15(10)21)12-3-2-8-22-12/h2-3,5-6,8-9H,4,7H2,1H3,(H,16,20)(H,17,21)(H,18,19). The maximum atomic E-state index is 12.0. The summed E-state index contributed by atoms with van der Waals surface area (Å²) < 4.78 is 5.17. The van der Waals surface area contributed by atoms with E-state index in [1.807, 2.05) is 0 Å². The number of amides is 1. The minimum absolute atomic E-state index is 0.0301. The fourth-order valence-corrected chi connectivity index (χ4v) is 1.94. The molecule has 0 fully saturated rings. The summed E-state index contributed by atoms with van der Waals surface area (Å²) in [5.74, 6) is -0.967. The lowest BCUT2D eigenvalue weighted by Crippen LogP contribution is -2.36. The van der Waals surface area contributed by atoms with Crippen molar-refractivity contribution in [1.82, 2.24) is 10.3 Å². The Labute approximate surface area is 126 Å². The Balaban J connectivity index is 2.07. The van der Waals surface area contributed by atoms with Crippen LogP contribution in [0.4, 0.5) is 0 Å². The molecule has 0 aliphatic carbocycles. The van der Waals surface area contributed by atoms with Crippen molar-refractivity contribution in [1.29, 1.82) is 0 Å². The number of hydrogen-bond acceptors (Lipinski definition) is 4. The molecule has 3 N–H and O–H groups in total. The van der Waals surface area contributed by atoms with E-state index in [2.05, 4.69) is 10.3 Å². The number of H-pyrrole nitrogens is 1. The Morgan fingerprint density at radius 3 is 2.73 bits per heavy atom. The smallest absolute Gasteiger partial charge is 0.303 e. The van der Waals surface area contributed by atoms with Crippen molar-refractivity contribution in [3.05, 3.63) is 46.4 Å². The third kappa shape index (κ3) is 3.85. The topological polar surface area (TPSA) is 112 Å². The van der Waals surface area contributed by atoms with Gasteiger partial charge in [0, 0.05) is 12.5 Å². The Morgan fingerprint density at radius 2 is 2.14 bits per heavy atom. The number of hydrogen-bond donors (Lipinski definition) is 3. The highest BCUT2D eigenvalue weighted by molar-refractivity contribution is 5.94. The number of pyridine rings is 1. The summed E-state index contributed by atoms with van der Waals surface area (Å²) in [6.45, 7) is 1.69. The van der Waals surface area contributed by atoms with E-state index in [1.54, 1.807) is 25.1 Å². The number of aromatic nitrogens is 1. The molecule has 2 rings (SSSR count). The van der Waals surface area contributed by atoms with Crippen LogP contribution in [0.1, 0.15) is 30.1 Å². The first-order valence-electron chi connectivity index (χ1n) is 6.77. The average molecular weight is 304 g/mol. The van der Waals surface area contributed by atoms with Gasteiger partial charge in [0.15, 0.2) is 0 Å². The van der Waals surface area contributed by atoms with Crippen molar-refractivity contribution in [2.75, 3.05) is 0 Å². The highest BCUT2D eigenvalue weighted by atomic mass is 16.4. The number of carbonyl (C=O) groups is 2. The summed E-state index contributed by atoms with van der Waals surface area (Å²) >= 11 is 0. The van der Waals surface area contributed by atoms with Gasteiger partial charge in [-0.2, -0.15) is 0 Å². The summed E-state index contributed by atoms with van der Waals surface area (Å²) in [5, 5.41) is 11.2. The number of nitrogens with one attached hydrogen (secondary N) is 2. The van der Waals surface area contributed by atoms with E-state index in [0.717, 1.165) is 0 Å². The van der Waals surface area contributed by atoms with Gasteiger partial charge in [0.25, 0.3) is 11.5 Å². The fraction of sp³-hybridized carbons (Fsp3) is 0.267. The molecule has 0 aromatic carbocycles. The summed E-state index contributed by atoms with van der Waals surface area (Å²) in [6.07, 6.45) is 1.73. The van der Waals surface area contributed by atoms with Crippen molar-refractivity contribution < 1.29 is 19.1 Å². The molecule has 1 amide bonds. The predicted molar refractivity (Wildman–Crippen MR) is 78.6 cm³/mol. The minimum Gasteiger partial charge on any atom is -0.481 e. The highest BCUT2D eigenvalue weighted by Gasteiger charge is 2.15. The van der Waals surface area contributed by atoms with Crippen molar-refractivity contribution in [2.45, 2.75) is 25.8 Å². The number of carboxylic acids is 1. The molecule has 2 aromatic rings. The minimum atomic E-state index is -0.929. The second-order valence-corrected chi connectivity index (χ2v) is 4.90. The number of aliphatic carboxylic acids is 1. The van der Waals surface area contributed by atoms with Crippen molar-refractivity contribution in [2.24, 2.45) is 0 Å². The molecule has 1 atom stereocenters. The molecule has 7 heteroatoms. The van der Waals surface area contributed by atoms with Gasteiger partial charge in [0.1, 0.15) is 11.3 Å². The van der Waals surface area contributed by atoms with E-state index < -0.39 is 17.4 Å². The maximum Gasteiger partial charge on any atom is 0.303 e. The normalized spacial score (nSPS) is 11.9. The van der Waals surface area contributed by atoms with Crippen LogP contribution < -0.4 is 10.9 Å². The molecule has 116 valence electrons. The molecule has 22 heavy (non-hydrogen) atoms. The lowest BCUT2D eigenvalue weighted by Gasteiger charge is -2.12. The van der Waals surface area contributed by atoms with Gasteiger partial charge in [0.2, 0.25) is 0 Å². The largest absolute Gasteiger partial charge is 0.481 e. The van der Waals surface area contributed by atoms with Crippen molar-refractivity contribution >= 4 is 11.9 Å². The third-order valence-electron chi connectivity index (χ3n) is 3.11. The lowest BCUT2D eigenvalue weighted by molar-refractivity contribution is -0.137. The fourth-order valence-electron chi connectivity index (χ4n) is 1.94. The van der Waals surface area contributed by atoms with Crippen LogP contribution in [0, 0.1) is 0 Å². The quantitative estimate of drug-likeness (QED) is 0.750. The van der Waals surface area contributed by atoms with E-state index in [4.69, 9.17) is 9.52 Å². The van der Waals surface area contributed by atoms with Gasteiger partial charge in [-0.25, -0.2) is 0 Å². The number of carboxylic acid groups (broad SMARTS) is 1. The zero-order valence-corrected chi connectivity index (χ0v) is 12.0. The lowest BCUT2D eigenvalue weighted by atomic mass is 10.1. The molecule has 2 heterocycles. The van der Waals surface area contributed by atoms with E-state index in [0.29, 0.717) is 17.9 Å². The molecule has 0 saturated heterocycles. The van der Waals surface area contributed by atoms with Crippen molar-refractivity contribution in [3.63, 3.8) is 0 Å². The van der Waals surface area contributed by atoms with Crippen LogP contribution >= 0.6 is 0 Å². The van der Waals surface area contributed by atoms with Gasteiger partial charge < -0.3 is 19.8 Å². The van der Waals surface area contributed by atoms with Crippen LogP contribution in [-0.4, -0.2) is 28.0 Å². The average Bonchev–Trinajstić information content (AvgIpc) is 2.99. The van der Waals surface area contributed by atoms with Gasteiger partial charge in [-0.15, -0.1) is 0 Å². The molecule has 0 saturated carbocycles. The van der Waals surface area contributed by atoms with Crippen LogP contribution in [0.5, 0.6) is 0 Å². The Morgan fingerprint density at radius 1 is 1.36 bits per heavy atom. The molecule has 1 unspecified atom stereocenters. The van der Waals surface area contributed by atoms with Crippen LogP contribution in [0.2, 0.25) is 0 Å². The molecule has 2 aromatic heterocycles. The molecular formula is C15H16N2O5. The van der Waals surface area contributed by atoms with Crippen molar-refractivity contribution in [3.8, 4) is 11.5 Å². The molecule has 0 aliphatic rings. The predicted octanol–water partition coefficient (Wildman–Crippen LogP) is 1.62. The molecule has 7 nitrogen and oxygen atoms in total. The summed E-state index contributed by atoms with van der Waals surface area (Å²) in [6, 6.07) is 6.04. The second-order valence-electron chi connectivity index (χ2n) is 4.90. The zero-order chi connectivity index (χ0) is 16.1. The van der Waals surface area contributed by atoms with Crippen LogP contribution in [0.25, 0.3) is 11.5 Å². The monoisotopic (exact) mass is 304 g/mol. The Hall–Kier alpha value is -2.83. The first-order chi connectivity index (χ1) is 10.5. The third-order valence-corrected chi connectivity index (χ3v) is 3.11. The van der Waals surface area contributed by atoms with E-state index in [9.17, 15) is 14.4 Å². The van der Waals surface area contributed by atoms with Crippen LogP contribution in [0.15, 0.2) is 39.7 Å². The van der Waals surface area contributed by atoms with Crippen LogP contribution in [0.3, 0.4) is 0 Å². The number of aromatic amines is 1. The van der Waals surface area contributed by atoms with E-state index in [-0.39, 0.29) is 18.0 Å². The number of carbonyl (C=O) groups excluding carboxylic acids is 1. The van der Waals surface area contributed by atoms with Gasteiger partial charge in [-0.05, 0) is 37.6 Å². The van der Waals surface area contributed by atoms with Gasteiger partial charge in [-0.3, -0.25) is 14.4 Å². The maximum absolute atomic E-state index is 12.0. The van der Waals surface area contributed by atoms with Crippen LogP contribution in [-0.2, 0) is 4.79 Å². The SMILES string of the molecule is CC(CCC(=O)O)NC(=O)c1ccc(-c2ccco2)[nH]c1=O. The Kier molecular flexibility index (Phi) is 4.77.